The Balaban J connectivity index is 1.78. The molecule has 1 aromatic heterocycles. The van der Waals surface area contributed by atoms with Crippen LogP contribution >= 0.6 is 0 Å². The number of pyridine rings is 1. The van der Waals surface area contributed by atoms with E-state index >= 15 is 0 Å². The van der Waals surface area contributed by atoms with Gasteiger partial charge in [0.25, 0.3) is 11.8 Å². The number of nitrogens with zero attached hydrogens (tertiary/aromatic N) is 2. The summed E-state index contributed by atoms with van der Waals surface area (Å²) in [7, 11) is 0. The molecule has 0 aliphatic rings. The van der Waals surface area contributed by atoms with Gasteiger partial charge in [0.2, 0.25) is 0 Å². The van der Waals surface area contributed by atoms with E-state index in [2.05, 4.69) is 20.8 Å². The summed E-state index contributed by atoms with van der Waals surface area (Å²) in [6, 6.07) is 10.5. The Labute approximate surface area is 126 Å². The molecule has 1 aromatic carbocycles. The van der Waals surface area contributed by atoms with Crippen LogP contribution in [0.25, 0.3) is 0 Å². The van der Waals surface area contributed by atoms with E-state index in [4.69, 9.17) is 0 Å². The standard InChI is InChI=1S/C15H13FN4O2/c16-12-5-3-4-11(8-12)15(22)18-10-14(21)20-19-9-13-6-1-2-7-17-13/h1-9H,10H2,(H,18,22)(H,20,21)/b19-9-. The van der Waals surface area contributed by atoms with Crippen molar-refractivity contribution in [3.8, 4) is 0 Å². The van der Waals surface area contributed by atoms with Crippen LogP contribution < -0.4 is 10.7 Å². The zero-order valence-electron chi connectivity index (χ0n) is 11.5. The van der Waals surface area contributed by atoms with Gasteiger partial charge in [-0.2, -0.15) is 5.10 Å². The summed E-state index contributed by atoms with van der Waals surface area (Å²) in [6.45, 7) is -0.269. The predicted molar refractivity (Wildman–Crippen MR) is 78.7 cm³/mol. The molecule has 0 saturated heterocycles. The van der Waals surface area contributed by atoms with Crippen molar-refractivity contribution in [1.82, 2.24) is 15.7 Å². The molecule has 0 saturated carbocycles. The van der Waals surface area contributed by atoms with E-state index in [1.54, 1.807) is 24.4 Å². The number of carbonyl (C=O) groups is 2. The maximum atomic E-state index is 13.0. The van der Waals surface area contributed by atoms with Gasteiger partial charge >= 0.3 is 0 Å². The predicted octanol–water partition coefficient (Wildman–Crippen LogP) is 1.10. The van der Waals surface area contributed by atoms with E-state index in [0.717, 1.165) is 6.07 Å². The third-order valence-electron chi connectivity index (χ3n) is 2.57. The van der Waals surface area contributed by atoms with Gasteiger partial charge < -0.3 is 5.32 Å². The number of aromatic nitrogens is 1. The summed E-state index contributed by atoms with van der Waals surface area (Å²) < 4.78 is 13.0. The third kappa shape index (κ3) is 4.78. The van der Waals surface area contributed by atoms with Crippen LogP contribution in [-0.4, -0.2) is 29.6 Å². The molecule has 0 spiro atoms. The van der Waals surface area contributed by atoms with Crippen LogP contribution in [0, 0.1) is 5.82 Å². The van der Waals surface area contributed by atoms with E-state index in [9.17, 15) is 14.0 Å². The van der Waals surface area contributed by atoms with E-state index in [1.807, 2.05) is 0 Å². The summed E-state index contributed by atoms with van der Waals surface area (Å²) in [6.07, 6.45) is 2.98. The van der Waals surface area contributed by atoms with Gasteiger partial charge in [-0.1, -0.05) is 12.1 Å². The van der Waals surface area contributed by atoms with Crippen molar-refractivity contribution in [2.45, 2.75) is 0 Å². The summed E-state index contributed by atoms with van der Waals surface area (Å²) in [4.78, 5) is 27.2. The van der Waals surface area contributed by atoms with Gasteiger partial charge in [0.1, 0.15) is 5.82 Å². The normalized spacial score (nSPS) is 10.4. The number of hydrazone groups is 1. The lowest BCUT2D eigenvalue weighted by atomic mass is 10.2. The van der Waals surface area contributed by atoms with Gasteiger partial charge in [-0.25, -0.2) is 9.82 Å². The lowest BCUT2D eigenvalue weighted by molar-refractivity contribution is -0.120. The molecule has 0 atom stereocenters. The molecule has 0 unspecified atom stereocenters. The van der Waals surface area contributed by atoms with Crippen molar-refractivity contribution < 1.29 is 14.0 Å². The average molecular weight is 300 g/mol. The first-order chi connectivity index (χ1) is 10.6. The molecule has 22 heavy (non-hydrogen) atoms. The van der Waals surface area contributed by atoms with Gasteiger partial charge in [-0.15, -0.1) is 0 Å². The molecule has 2 aromatic rings. The number of nitrogens with one attached hydrogen (secondary N) is 2. The largest absolute Gasteiger partial charge is 0.343 e. The van der Waals surface area contributed by atoms with Crippen LogP contribution in [0.5, 0.6) is 0 Å². The van der Waals surface area contributed by atoms with Crippen molar-refractivity contribution in [2.24, 2.45) is 5.10 Å². The molecule has 112 valence electrons. The van der Waals surface area contributed by atoms with Crippen molar-refractivity contribution >= 4 is 18.0 Å². The van der Waals surface area contributed by atoms with Gasteiger partial charge in [-0.05, 0) is 30.3 Å². The van der Waals surface area contributed by atoms with E-state index < -0.39 is 17.6 Å². The van der Waals surface area contributed by atoms with Crippen molar-refractivity contribution in [2.75, 3.05) is 6.54 Å². The van der Waals surface area contributed by atoms with Crippen LogP contribution in [-0.2, 0) is 4.79 Å². The van der Waals surface area contributed by atoms with Crippen molar-refractivity contribution in [3.05, 3.63) is 65.7 Å². The minimum absolute atomic E-state index is 0.143. The minimum atomic E-state index is -0.539. The van der Waals surface area contributed by atoms with Crippen LogP contribution in [0.3, 0.4) is 0 Å². The topological polar surface area (TPSA) is 83.5 Å². The molecule has 1 heterocycles. The van der Waals surface area contributed by atoms with Crippen LogP contribution in [0.15, 0.2) is 53.8 Å². The number of hydrogen-bond acceptors (Lipinski definition) is 4. The molecule has 2 N–H and O–H groups in total. The second-order valence-electron chi connectivity index (χ2n) is 4.24. The summed E-state index contributed by atoms with van der Waals surface area (Å²) in [5.41, 5.74) is 2.98. The third-order valence-corrected chi connectivity index (χ3v) is 2.57. The quantitative estimate of drug-likeness (QED) is 0.640. The number of carbonyl (C=O) groups excluding carboxylic acids is 2. The second-order valence-corrected chi connectivity index (χ2v) is 4.24. The summed E-state index contributed by atoms with van der Waals surface area (Å²) in [5, 5.41) is 6.08. The van der Waals surface area contributed by atoms with E-state index in [0.29, 0.717) is 5.69 Å². The minimum Gasteiger partial charge on any atom is -0.343 e. The molecule has 0 bridgehead atoms. The van der Waals surface area contributed by atoms with Crippen LogP contribution in [0.1, 0.15) is 16.1 Å². The van der Waals surface area contributed by atoms with Crippen molar-refractivity contribution in [3.63, 3.8) is 0 Å². The highest BCUT2D eigenvalue weighted by molar-refractivity contribution is 5.96. The van der Waals surface area contributed by atoms with Crippen molar-refractivity contribution in [1.29, 1.82) is 0 Å². The average Bonchev–Trinajstić information content (AvgIpc) is 2.53. The van der Waals surface area contributed by atoms with E-state index in [1.165, 1.54) is 24.4 Å². The first kappa shape index (κ1) is 15.3. The molecule has 0 fully saturated rings. The summed E-state index contributed by atoms with van der Waals surface area (Å²) >= 11 is 0. The van der Waals surface area contributed by atoms with Gasteiger partial charge in [0.05, 0.1) is 18.5 Å². The molecule has 2 amide bonds. The molecular weight excluding hydrogens is 287 g/mol. The zero-order valence-corrected chi connectivity index (χ0v) is 11.5. The molecule has 2 rings (SSSR count). The number of hydrogen-bond donors (Lipinski definition) is 2. The molecule has 0 radical (unpaired) electrons. The number of rotatable bonds is 5. The fourth-order valence-electron chi connectivity index (χ4n) is 1.55. The number of halogens is 1. The Hall–Kier alpha value is -3.09. The Morgan fingerprint density at radius 1 is 1.23 bits per heavy atom. The first-order valence-electron chi connectivity index (χ1n) is 6.42. The highest BCUT2D eigenvalue weighted by atomic mass is 19.1. The van der Waals surface area contributed by atoms with E-state index in [-0.39, 0.29) is 12.1 Å². The maximum absolute atomic E-state index is 13.0. The number of amides is 2. The van der Waals surface area contributed by atoms with Gasteiger partial charge in [-0.3, -0.25) is 14.6 Å². The summed E-state index contributed by atoms with van der Waals surface area (Å²) in [5.74, 6) is -1.56. The monoisotopic (exact) mass is 300 g/mol. The Kier molecular flexibility index (Phi) is 5.31. The molecule has 6 nitrogen and oxygen atoms in total. The smallest absolute Gasteiger partial charge is 0.259 e. The van der Waals surface area contributed by atoms with Gasteiger partial charge in [0, 0.05) is 11.8 Å². The Bertz CT molecular complexity index is 689. The zero-order chi connectivity index (χ0) is 15.8. The molecule has 0 aliphatic heterocycles. The lowest BCUT2D eigenvalue weighted by Gasteiger charge is -2.04. The Morgan fingerprint density at radius 3 is 2.82 bits per heavy atom. The van der Waals surface area contributed by atoms with Crippen LogP contribution in [0.4, 0.5) is 4.39 Å². The molecular formula is C15H13FN4O2. The SMILES string of the molecule is O=C(CNC(=O)c1cccc(F)c1)N/N=C\c1ccccn1. The highest BCUT2D eigenvalue weighted by Crippen LogP contribution is 2.02. The molecule has 7 heteroatoms. The fraction of sp³-hybridized carbons (Fsp3) is 0.0667. The highest BCUT2D eigenvalue weighted by Gasteiger charge is 2.08. The second kappa shape index (κ2) is 7.63. The fourth-order valence-corrected chi connectivity index (χ4v) is 1.55. The Morgan fingerprint density at radius 2 is 2.09 bits per heavy atom. The first-order valence-corrected chi connectivity index (χ1v) is 6.42. The lowest BCUT2D eigenvalue weighted by Crippen LogP contribution is -2.34. The van der Waals surface area contributed by atoms with Crippen LogP contribution in [0.2, 0.25) is 0 Å². The maximum Gasteiger partial charge on any atom is 0.259 e. The molecule has 0 aliphatic carbocycles. The number of benzene rings is 1. The van der Waals surface area contributed by atoms with Gasteiger partial charge in [0.15, 0.2) is 0 Å².